The van der Waals surface area contributed by atoms with Crippen LogP contribution in [-0.2, 0) is 43.0 Å². The highest BCUT2D eigenvalue weighted by Gasteiger charge is 2.45. The number of cyclic esters (lactones) is 3. The maximum Gasteiger partial charge on any atom is 0.329 e. The van der Waals surface area contributed by atoms with E-state index in [1.165, 1.54) is 35.8 Å². The van der Waals surface area contributed by atoms with Crippen molar-refractivity contribution in [3.8, 4) is 0 Å². The van der Waals surface area contributed by atoms with Gasteiger partial charge in [-0.05, 0) is 36.5 Å². The molecule has 12 nitrogen and oxygen atoms in total. The van der Waals surface area contributed by atoms with Gasteiger partial charge in [-0.15, -0.1) is 0 Å². The normalized spacial score (nSPS) is 28.0. The standard InChI is InChI=1S/C35H61N3O9/c1-16-22(11)28-31(40)37(14)24(18(3)4)33(42)45-27(21(9)10)30(39)36(13)25(19(5)6)34(43)46-29(23(12)17-2)32(41)38(15)26(20(7)8)35(44)47-28/h18-29H,16-17H2,1-15H3. The lowest BCUT2D eigenvalue weighted by Gasteiger charge is -2.38. The topological polar surface area (TPSA) is 140 Å². The number of nitrogens with zero attached hydrogens (tertiary/aromatic N) is 3. The number of hydrogen-bond donors (Lipinski definition) is 0. The van der Waals surface area contributed by atoms with Gasteiger partial charge in [0, 0.05) is 33.0 Å². The molecule has 0 spiro atoms. The van der Waals surface area contributed by atoms with E-state index in [0.717, 1.165) is 0 Å². The molecule has 12 heteroatoms. The molecule has 47 heavy (non-hydrogen) atoms. The minimum Gasteiger partial charge on any atom is -0.450 e. The van der Waals surface area contributed by atoms with Crippen molar-refractivity contribution >= 4 is 35.6 Å². The molecule has 8 unspecified atom stereocenters. The molecule has 0 N–H and O–H groups in total. The predicted octanol–water partition coefficient (Wildman–Crippen LogP) is 3.93. The first kappa shape index (κ1) is 41.8. The highest BCUT2D eigenvalue weighted by molar-refractivity contribution is 5.94. The Morgan fingerprint density at radius 1 is 0.447 bits per heavy atom. The minimum absolute atomic E-state index is 0.431. The second-order valence-electron chi connectivity index (χ2n) is 14.5. The van der Waals surface area contributed by atoms with Gasteiger partial charge in [0.1, 0.15) is 18.1 Å². The summed E-state index contributed by atoms with van der Waals surface area (Å²) in [6.07, 6.45) is -2.85. The number of amides is 3. The summed E-state index contributed by atoms with van der Waals surface area (Å²) in [6.45, 7) is 21.2. The summed E-state index contributed by atoms with van der Waals surface area (Å²) in [4.78, 5) is 87.3. The fourth-order valence-electron chi connectivity index (χ4n) is 5.95. The summed E-state index contributed by atoms with van der Waals surface area (Å²) in [5.74, 6) is -6.82. The zero-order valence-corrected chi connectivity index (χ0v) is 31.4. The highest BCUT2D eigenvalue weighted by atomic mass is 16.6. The minimum atomic E-state index is -1.28. The van der Waals surface area contributed by atoms with E-state index in [-0.39, 0.29) is 0 Å². The van der Waals surface area contributed by atoms with Crippen LogP contribution in [0.3, 0.4) is 0 Å². The van der Waals surface area contributed by atoms with Crippen molar-refractivity contribution < 1.29 is 43.0 Å². The monoisotopic (exact) mass is 667 g/mol. The van der Waals surface area contributed by atoms with E-state index < -0.39 is 108 Å². The maximum absolute atomic E-state index is 14.1. The van der Waals surface area contributed by atoms with Gasteiger partial charge < -0.3 is 28.9 Å². The smallest absolute Gasteiger partial charge is 0.329 e. The van der Waals surface area contributed by atoms with Crippen LogP contribution in [0.5, 0.6) is 0 Å². The lowest BCUT2D eigenvalue weighted by atomic mass is 9.95. The molecule has 1 aliphatic rings. The Hall–Kier alpha value is -3.18. The van der Waals surface area contributed by atoms with Crippen LogP contribution < -0.4 is 0 Å². The van der Waals surface area contributed by atoms with Gasteiger partial charge in [-0.2, -0.15) is 0 Å². The van der Waals surface area contributed by atoms with Crippen LogP contribution in [-0.4, -0.2) is 108 Å². The number of esters is 3. The molecule has 8 atom stereocenters. The van der Waals surface area contributed by atoms with Crippen molar-refractivity contribution in [1.29, 1.82) is 0 Å². The number of hydrogen-bond acceptors (Lipinski definition) is 9. The van der Waals surface area contributed by atoms with Gasteiger partial charge in [-0.3, -0.25) is 14.4 Å². The maximum atomic E-state index is 14.1. The first-order chi connectivity index (χ1) is 21.6. The van der Waals surface area contributed by atoms with Crippen LogP contribution in [0.4, 0.5) is 0 Å². The molecule has 0 bridgehead atoms. The highest BCUT2D eigenvalue weighted by Crippen LogP contribution is 2.26. The molecular weight excluding hydrogens is 606 g/mol. The Bertz CT molecular complexity index is 1110. The first-order valence-corrected chi connectivity index (χ1v) is 17.1. The Labute approximate surface area is 282 Å². The number of carbonyl (C=O) groups is 6. The van der Waals surface area contributed by atoms with Gasteiger partial charge in [0.2, 0.25) is 0 Å². The van der Waals surface area contributed by atoms with Crippen LogP contribution in [0, 0.1) is 35.5 Å². The average molecular weight is 668 g/mol. The van der Waals surface area contributed by atoms with Gasteiger partial charge in [0.15, 0.2) is 18.3 Å². The third kappa shape index (κ3) is 9.92. The molecule has 0 saturated carbocycles. The second kappa shape index (κ2) is 17.8. The predicted molar refractivity (Wildman–Crippen MR) is 178 cm³/mol. The van der Waals surface area contributed by atoms with Crippen LogP contribution in [0.15, 0.2) is 0 Å². The largest absolute Gasteiger partial charge is 0.450 e. The Morgan fingerprint density at radius 3 is 0.894 bits per heavy atom. The van der Waals surface area contributed by atoms with Gasteiger partial charge in [0.25, 0.3) is 17.7 Å². The Morgan fingerprint density at radius 2 is 0.681 bits per heavy atom. The van der Waals surface area contributed by atoms with Gasteiger partial charge in [-0.1, -0.05) is 83.1 Å². The molecule has 3 amide bonds. The number of likely N-dealkylation sites (N-methyl/N-ethyl adjacent to an activating group) is 3. The average Bonchev–Trinajstić information content (AvgIpc) is 2.98. The molecule has 0 aromatic carbocycles. The van der Waals surface area contributed by atoms with Crippen molar-refractivity contribution in [2.75, 3.05) is 21.1 Å². The summed E-state index contributed by atoms with van der Waals surface area (Å²) < 4.78 is 17.7. The summed E-state index contributed by atoms with van der Waals surface area (Å²) in [7, 11) is 4.35. The Kier molecular flexibility index (Phi) is 15.9. The molecule has 0 aromatic heterocycles. The van der Waals surface area contributed by atoms with Crippen molar-refractivity contribution in [3.05, 3.63) is 0 Å². The van der Waals surface area contributed by atoms with E-state index >= 15 is 0 Å². The molecule has 0 aliphatic carbocycles. The molecule has 0 aromatic rings. The van der Waals surface area contributed by atoms with Gasteiger partial charge >= 0.3 is 17.9 Å². The summed E-state index contributed by atoms with van der Waals surface area (Å²) in [5.41, 5.74) is 0. The van der Waals surface area contributed by atoms with E-state index in [9.17, 15) is 28.8 Å². The van der Waals surface area contributed by atoms with Crippen molar-refractivity contribution in [2.24, 2.45) is 35.5 Å². The van der Waals surface area contributed by atoms with Crippen LogP contribution in [0.25, 0.3) is 0 Å². The van der Waals surface area contributed by atoms with E-state index in [4.69, 9.17) is 14.2 Å². The molecule has 1 fully saturated rings. The summed E-state index contributed by atoms with van der Waals surface area (Å²) in [6, 6.07) is -3.34. The van der Waals surface area contributed by atoms with E-state index in [2.05, 4.69) is 0 Å². The second-order valence-corrected chi connectivity index (χ2v) is 14.5. The van der Waals surface area contributed by atoms with Crippen molar-refractivity contribution in [1.82, 2.24) is 14.7 Å². The third-order valence-corrected chi connectivity index (χ3v) is 9.30. The van der Waals surface area contributed by atoms with Gasteiger partial charge in [0.05, 0.1) is 0 Å². The quantitative estimate of drug-likeness (QED) is 0.278. The molecule has 1 aliphatic heterocycles. The van der Waals surface area contributed by atoms with E-state index in [0.29, 0.717) is 12.8 Å². The number of rotatable bonds is 8. The summed E-state index contributed by atoms with van der Waals surface area (Å²) in [5, 5.41) is 0. The Balaban J connectivity index is 4.00. The molecular formula is C35H61N3O9. The van der Waals surface area contributed by atoms with E-state index in [1.54, 1.807) is 69.2 Å². The summed E-state index contributed by atoms with van der Waals surface area (Å²) >= 11 is 0. The molecule has 1 rings (SSSR count). The fraction of sp³-hybridized carbons (Fsp3) is 0.829. The van der Waals surface area contributed by atoms with Crippen molar-refractivity contribution in [2.45, 2.75) is 132 Å². The number of ether oxygens (including phenoxy) is 3. The molecule has 270 valence electrons. The van der Waals surface area contributed by atoms with Crippen molar-refractivity contribution in [3.63, 3.8) is 0 Å². The lowest BCUT2D eigenvalue weighted by Crippen LogP contribution is -2.58. The zero-order valence-electron chi connectivity index (χ0n) is 31.4. The van der Waals surface area contributed by atoms with E-state index in [1.807, 2.05) is 13.8 Å². The van der Waals surface area contributed by atoms with Crippen LogP contribution in [0.1, 0.15) is 95.9 Å². The molecule has 1 heterocycles. The fourth-order valence-corrected chi connectivity index (χ4v) is 5.95. The third-order valence-electron chi connectivity index (χ3n) is 9.30. The zero-order chi connectivity index (χ0) is 36.7. The molecule has 1 saturated heterocycles. The number of carbonyl (C=O) groups excluding carboxylic acids is 6. The van der Waals surface area contributed by atoms with Gasteiger partial charge in [-0.25, -0.2) is 14.4 Å². The lowest BCUT2D eigenvalue weighted by molar-refractivity contribution is -0.182. The SMILES string of the molecule is CCC(C)C1OC(=O)C(C(C)C)N(C)C(=O)C(C(C)C)OC(=O)C(C(C)C)N(C)C(=O)C(C(C)CC)OC(=O)C(C(C)C)N(C)C1=O. The van der Waals surface area contributed by atoms with Crippen LogP contribution >= 0.6 is 0 Å². The first-order valence-electron chi connectivity index (χ1n) is 17.1. The molecule has 0 radical (unpaired) electrons. The van der Waals surface area contributed by atoms with Crippen LogP contribution in [0.2, 0.25) is 0 Å².